The van der Waals surface area contributed by atoms with Crippen molar-refractivity contribution in [2.24, 2.45) is 0 Å². The Kier molecular flexibility index (Phi) is 2.32. The first kappa shape index (κ1) is 8.32. The van der Waals surface area contributed by atoms with Crippen molar-refractivity contribution in [2.45, 2.75) is 18.6 Å². The molecule has 1 aromatic rings. The summed E-state index contributed by atoms with van der Waals surface area (Å²) in [6, 6.07) is 9.65. The van der Waals surface area contributed by atoms with Gasteiger partial charge < -0.3 is 9.84 Å². The van der Waals surface area contributed by atoms with Gasteiger partial charge in [-0.1, -0.05) is 24.3 Å². The van der Waals surface area contributed by atoms with Gasteiger partial charge in [-0.25, -0.2) is 0 Å². The number of aliphatic hydroxyl groups is 1. The molecule has 0 aliphatic heterocycles. The summed E-state index contributed by atoms with van der Waals surface area (Å²) < 4.78 is 5.60. The minimum atomic E-state index is -0.339. The molecule has 1 aromatic carbocycles. The molecule has 0 aromatic heterocycles. The Balaban J connectivity index is 1.96. The molecule has 0 heterocycles. The van der Waals surface area contributed by atoms with Crippen LogP contribution < -0.4 is 4.74 Å². The Morgan fingerprint density at radius 2 is 1.92 bits per heavy atom. The Hall–Kier alpha value is -1.28. The average Bonchev–Trinajstić information content (AvgIpc) is 2.53. The van der Waals surface area contributed by atoms with Crippen molar-refractivity contribution in [2.75, 3.05) is 0 Å². The monoisotopic (exact) mass is 176 g/mol. The zero-order valence-corrected chi connectivity index (χ0v) is 7.26. The quantitative estimate of drug-likeness (QED) is 0.696. The molecule has 68 valence electrons. The predicted octanol–water partition coefficient (Wildman–Crippen LogP) is 1.75. The molecule has 1 aliphatic rings. The zero-order valence-electron chi connectivity index (χ0n) is 7.26. The van der Waals surface area contributed by atoms with Crippen LogP contribution in [0.2, 0.25) is 0 Å². The van der Waals surface area contributed by atoms with Crippen molar-refractivity contribution in [1.82, 2.24) is 0 Å². The third-order valence-electron chi connectivity index (χ3n) is 2.05. The molecule has 0 spiro atoms. The van der Waals surface area contributed by atoms with Crippen LogP contribution in [0, 0.1) is 0 Å². The molecule has 1 aliphatic carbocycles. The fourth-order valence-corrected chi connectivity index (χ4v) is 1.41. The molecule has 0 unspecified atom stereocenters. The van der Waals surface area contributed by atoms with Gasteiger partial charge in [-0.05, 0) is 18.2 Å². The molecule has 0 fully saturated rings. The van der Waals surface area contributed by atoms with Crippen molar-refractivity contribution in [3.05, 3.63) is 42.5 Å². The lowest BCUT2D eigenvalue weighted by Gasteiger charge is -2.11. The number of para-hydroxylation sites is 1. The van der Waals surface area contributed by atoms with E-state index in [-0.39, 0.29) is 12.2 Å². The Morgan fingerprint density at radius 3 is 2.54 bits per heavy atom. The number of benzene rings is 1. The number of hydrogen-bond donors (Lipinski definition) is 1. The Labute approximate surface area is 77.5 Å². The molecule has 1 N–H and O–H groups in total. The lowest BCUT2D eigenvalue weighted by molar-refractivity contribution is 0.165. The molecular weight excluding hydrogens is 164 g/mol. The second-order valence-corrected chi connectivity index (χ2v) is 3.16. The van der Waals surface area contributed by atoms with Crippen LogP contribution in [0.25, 0.3) is 0 Å². The van der Waals surface area contributed by atoms with Crippen molar-refractivity contribution in [3.63, 3.8) is 0 Å². The fraction of sp³-hybridized carbons (Fsp3) is 0.273. The molecule has 2 atom stereocenters. The van der Waals surface area contributed by atoms with Gasteiger partial charge in [0.15, 0.2) is 0 Å². The highest BCUT2D eigenvalue weighted by Gasteiger charge is 2.17. The van der Waals surface area contributed by atoms with E-state index in [4.69, 9.17) is 4.74 Å². The van der Waals surface area contributed by atoms with Gasteiger partial charge in [0.05, 0.1) is 6.10 Å². The minimum absolute atomic E-state index is 0.0254. The van der Waals surface area contributed by atoms with E-state index >= 15 is 0 Å². The van der Waals surface area contributed by atoms with E-state index in [2.05, 4.69) is 0 Å². The maximum absolute atomic E-state index is 9.21. The normalized spacial score (nSPS) is 26.2. The first-order valence-electron chi connectivity index (χ1n) is 4.43. The summed E-state index contributed by atoms with van der Waals surface area (Å²) in [6.07, 6.45) is 4.02. The van der Waals surface area contributed by atoms with Gasteiger partial charge in [-0.15, -0.1) is 0 Å². The highest BCUT2D eigenvalue weighted by molar-refractivity contribution is 5.22. The van der Waals surface area contributed by atoms with Crippen LogP contribution in [0.4, 0.5) is 0 Å². The number of aliphatic hydroxyl groups excluding tert-OH is 1. The van der Waals surface area contributed by atoms with Gasteiger partial charge in [-0.3, -0.25) is 0 Å². The van der Waals surface area contributed by atoms with Crippen molar-refractivity contribution in [3.8, 4) is 5.75 Å². The summed E-state index contributed by atoms with van der Waals surface area (Å²) in [4.78, 5) is 0. The van der Waals surface area contributed by atoms with Crippen LogP contribution in [-0.4, -0.2) is 17.3 Å². The average molecular weight is 176 g/mol. The minimum Gasteiger partial charge on any atom is -0.486 e. The van der Waals surface area contributed by atoms with Crippen LogP contribution in [0.5, 0.6) is 5.75 Å². The number of ether oxygens (including phenoxy) is 1. The van der Waals surface area contributed by atoms with Crippen molar-refractivity contribution < 1.29 is 9.84 Å². The van der Waals surface area contributed by atoms with Crippen LogP contribution in [-0.2, 0) is 0 Å². The molecule has 0 saturated heterocycles. The standard InChI is InChI=1S/C11H12O2/c12-9-6-7-11(8-9)13-10-4-2-1-3-5-10/h1-7,9,11-12H,8H2/t9-,11+/m0/s1. The van der Waals surface area contributed by atoms with Crippen molar-refractivity contribution in [1.29, 1.82) is 0 Å². The second-order valence-electron chi connectivity index (χ2n) is 3.16. The highest BCUT2D eigenvalue weighted by atomic mass is 16.5. The predicted molar refractivity (Wildman–Crippen MR) is 50.6 cm³/mol. The van der Waals surface area contributed by atoms with Gasteiger partial charge in [-0.2, -0.15) is 0 Å². The van der Waals surface area contributed by atoms with E-state index in [9.17, 15) is 5.11 Å². The topological polar surface area (TPSA) is 29.5 Å². The van der Waals surface area contributed by atoms with E-state index in [0.717, 1.165) is 5.75 Å². The highest BCUT2D eigenvalue weighted by Crippen LogP contribution is 2.18. The van der Waals surface area contributed by atoms with E-state index in [1.54, 1.807) is 6.08 Å². The maximum Gasteiger partial charge on any atom is 0.120 e. The third-order valence-corrected chi connectivity index (χ3v) is 2.05. The summed E-state index contributed by atoms with van der Waals surface area (Å²) >= 11 is 0. The first-order valence-corrected chi connectivity index (χ1v) is 4.43. The molecule has 13 heavy (non-hydrogen) atoms. The molecule has 0 saturated carbocycles. The van der Waals surface area contributed by atoms with Gasteiger partial charge >= 0.3 is 0 Å². The van der Waals surface area contributed by atoms with Crippen LogP contribution in [0.1, 0.15) is 6.42 Å². The summed E-state index contributed by atoms with van der Waals surface area (Å²) in [7, 11) is 0. The third kappa shape index (κ3) is 2.10. The molecule has 0 bridgehead atoms. The molecule has 2 rings (SSSR count). The van der Waals surface area contributed by atoms with Crippen LogP contribution in [0.3, 0.4) is 0 Å². The molecule has 2 heteroatoms. The van der Waals surface area contributed by atoms with E-state index in [1.165, 1.54) is 0 Å². The smallest absolute Gasteiger partial charge is 0.120 e. The van der Waals surface area contributed by atoms with E-state index < -0.39 is 0 Å². The lowest BCUT2D eigenvalue weighted by atomic mass is 10.3. The Morgan fingerprint density at radius 1 is 1.15 bits per heavy atom. The largest absolute Gasteiger partial charge is 0.486 e. The summed E-state index contributed by atoms with van der Waals surface area (Å²) in [5.41, 5.74) is 0. The Bertz CT molecular complexity index is 292. The van der Waals surface area contributed by atoms with Crippen molar-refractivity contribution >= 4 is 0 Å². The SMILES string of the molecule is O[C@H]1C=C[C@@H](Oc2ccccc2)C1. The number of rotatable bonds is 2. The lowest BCUT2D eigenvalue weighted by Crippen LogP contribution is -2.13. The molecular formula is C11H12O2. The zero-order chi connectivity index (χ0) is 9.10. The van der Waals surface area contributed by atoms with Gasteiger partial charge in [0.25, 0.3) is 0 Å². The van der Waals surface area contributed by atoms with Gasteiger partial charge in [0, 0.05) is 6.42 Å². The molecule has 0 radical (unpaired) electrons. The maximum atomic E-state index is 9.21. The van der Waals surface area contributed by atoms with E-state index in [1.807, 2.05) is 36.4 Å². The second kappa shape index (κ2) is 3.62. The summed E-state index contributed by atoms with van der Waals surface area (Å²) in [5, 5.41) is 9.21. The molecule has 0 amide bonds. The van der Waals surface area contributed by atoms with Crippen LogP contribution in [0.15, 0.2) is 42.5 Å². The first-order chi connectivity index (χ1) is 6.34. The van der Waals surface area contributed by atoms with Gasteiger partial charge in [0.1, 0.15) is 11.9 Å². The van der Waals surface area contributed by atoms with Crippen LogP contribution >= 0.6 is 0 Å². The number of hydrogen-bond acceptors (Lipinski definition) is 2. The van der Waals surface area contributed by atoms with Gasteiger partial charge in [0.2, 0.25) is 0 Å². The summed E-state index contributed by atoms with van der Waals surface area (Å²) in [6.45, 7) is 0. The summed E-state index contributed by atoms with van der Waals surface area (Å²) in [5.74, 6) is 0.853. The fourth-order valence-electron chi connectivity index (χ4n) is 1.41. The van der Waals surface area contributed by atoms with E-state index in [0.29, 0.717) is 6.42 Å². The molecule has 2 nitrogen and oxygen atoms in total.